The van der Waals surface area contributed by atoms with Crippen molar-refractivity contribution in [2.24, 2.45) is 0 Å². The first-order valence-corrected chi connectivity index (χ1v) is 14.0. The lowest BCUT2D eigenvalue weighted by molar-refractivity contribution is -0.141. The van der Waals surface area contributed by atoms with E-state index in [4.69, 9.17) is 11.6 Å². The zero-order chi connectivity index (χ0) is 28.6. The van der Waals surface area contributed by atoms with Gasteiger partial charge in [0.25, 0.3) is 11.8 Å². The summed E-state index contributed by atoms with van der Waals surface area (Å²) < 4.78 is 0. The normalized spacial score (nSPS) is 14.0. The number of rotatable bonds is 12. The minimum Gasteiger partial charge on any atom is -0.352 e. The van der Waals surface area contributed by atoms with Crippen LogP contribution in [0.3, 0.4) is 0 Å². The van der Waals surface area contributed by atoms with Crippen molar-refractivity contribution < 1.29 is 19.2 Å². The number of carbonyl (C=O) groups is 4. The molecule has 0 saturated heterocycles. The molecule has 0 fully saturated rings. The van der Waals surface area contributed by atoms with E-state index in [-0.39, 0.29) is 55.6 Å². The number of fused-ring (bicyclic) bond motifs is 1. The molecule has 0 unspecified atom stereocenters. The molecule has 1 N–H and O–H groups in total. The second-order valence-electron chi connectivity index (χ2n) is 10.0. The Bertz CT molecular complexity index is 1340. The summed E-state index contributed by atoms with van der Waals surface area (Å²) in [5.41, 5.74) is 2.41. The van der Waals surface area contributed by atoms with Gasteiger partial charge >= 0.3 is 0 Å². The summed E-state index contributed by atoms with van der Waals surface area (Å²) in [5.74, 6) is -1.19. The van der Waals surface area contributed by atoms with Crippen molar-refractivity contribution >= 4 is 35.2 Å². The SMILES string of the molecule is CC[C@@H](C)NC(=O)[C@@H](Cc1ccccc1)N(Cc1ccccc1Cl)C(=O)CCCN1C(=O)c2ccccc2C1=O. The standard InChI is InChI=1S/C32H34ClN3O4/c1-3-22(2)34-30(38)28(20-23-12-5-4-6-13-23)36(21-24-14-7-10-17-27(24)33)29(37)18-11-19-35-31(39)25-15-8-9-16-26(25)32(35)40/h4-10,12-17,22,28H,3,11,18-21H2,1-2H3,(H,34,38)/t22-,28-/m1/s1. The third-order valence-corrected chi connectivity index (χ3v) is 7.59. The Balaban J connectivity index is 1.56. The van der Waals surface area contributed by atoms with Crippen LogP contribution >= 0.6 is 11.6 Å². The highest BCUT2D eigenvalue weighted by Crippen LogP contribution is 2.24. The first kappa shape index (κ1) is 29.0. The number of carbonyl (C=O) groups excluding carboxylic acids is 4. The molecule has 0 spiro atoms. The number of hydrogen-bond acceptors (Lipinski definition) is 4. The monoisotopic (exact) mass is 559 g/mol. The van der Waals surface area contributed by atoms with Crippen LogP contribution < -0.4 is 5.32 Å². The van der Waals surface area contributed by atoms with Gasteiger partial charge in [-0.1, -0.05) is 79.2 Å². The molecule has 0 saturated carbocycles. The zero-order valence-electron chi connectivity index (χ0n) is 22.8. The second-order valence-corrected chi connectivity index (χ2v) is 10.5. The molecule has 7 nitrogen and oxygen atoms in total. The van der Waals surface area contributed by atoms with Gasteiger partial charge in [-0.05, 0) is 49.1 Å². The molecule has 4 rings (SSSR count). The van der Waals surface area contributed by atoms with Crippen LogP contribution in [0.25, 0.3) is 0 Å². The van der Waals surface area contributed by atoms with Gasteiger partial charge in [0.1, 0.15) is 6.04 Å². The number of amides is 4. The van der Waals surface area contributed by atoms with E-state index in [1.807, 2.05) is 62.4 Å². The summed E-state index contributed by atoms with van der Waals surface area (Å²) in [4.78, 5) is 55.7. The number of imide groups is 1. The van der Waals surface area contributed by atoms with Crippen LogP contribution in [0.2, 0.25) is 5.02 Å². The fourth-order valence-corrected chi connectivity index (χ4v) is 4.97. The van der Waals surface area contributed by atoms with Crippen molar-refractivity contribution in [2.75, 3.05) is 6.54 Å². The average Bonchev–Trinajstić information content (AvgIpc) is 3.21. The fourth-order valence-electron chi connectivity index (χ4n) is 4.78. The molecule has 4 amide bonds. The minimum absolute atomic E-state index is 0.0553. The van der Waals surface area contributed by atoms with E-state index in [0.29, 0.717) is 22.6 Å². The van der Waals surface area contributed by atoms with E-state index >= 15 is 0 Å². The minimum atomic E-state index is -0.778. The molecular formula is C32H34ClN3O4. The van der Waals surface area contributed by atoms with Gasteiger partial charge in [0.15, 0.2) is 0 Å². The number of nitrogens with zero attached hydrogens (tertiary/aromatic N) is 2. The van der Waals surface area contributed by atoms with Gasteiger partial charge in [0.05, 0.1) is 11.1 Å². The quantitative estimate of drug-likeness (QED) is 0.306. The summed E-state index contributed by atoms with van der Waals surface area (Å²) in [5, 5.41) is 3.55. The number of halogens is 1. The van der Waals surface area contributed by atoms with Crippen molar-refractivity contribution in [2.45, 2.75) is 58.2 Å². The predicted molar refractivity (Wildman–Crippen MR) is 155 cm³/mol. The molecule has 3 aromatic rings. The lowest BCUT2D eigenvalue weighted by Gasteiger charge is -2.32. The van der Waals surface area contributed by atoms with Gasteiger partial charge in [0.2, 0.25) is 11.8 Å². The highest BCUT2D eigenvalue weighted by molar-refractivity contribution is 6.31. The average molecular weight is 560 g/mol. The van der Waals surface area contributed by atoms with Crippen molar-refractivity contribution in [3.05, 3.63) is 106 Å². The molecule has 1 aliphatic heterocycles. The highest BCUT2D eigenvalue weighted by Gasteiger charge is 2.35. The predicted octanol–water partition coefficient (Wildman–Crippen LogP) is 5.27. The summed E-state index contributed by atoms with van der Waals surface area (Å²) in [6.07, 6.45) is 1.41. The first-order valence-electron chi connectivity index (χ1n) is 13.6. The van der Waals surface area contributed by atoms with Crippen molar-refractivity contribution in [1.82, 2.24) is 15.1 Å². The van der Waals surface area contributed by atoms with Gasteiger partial charge in [0, 0.05) is 37.0 Å². The van der Waals surface area contributed by atoms with Crippen molar-refractivity contribution in [3.63, 3.8) is 0 Å². The van der Waals surface area contributed by atoms with Crippen LogP contribution in [0.15, 0.2) is 78.9 Å². The topological polar surface area (TPSA) is 86.8 Å². The van der Waals surface area contributed by atoms with Gasteiger partial charge < -0.3 is 10.2 Å². The summed E-state index contributed by atoms with van der Waals surface area (Å²) in [6, 6.07) is 22.7. The summed E-state index contributed by atoms with van der Waals surface area (Å²) in [7, 11) is 0. The summed E-state index contributed by atoms with van der Waals surface area (Å²) >= 11 is 6.47. The summed E-state index contributed by atoms with van der Waals surface area (Å²) in [6.45, 7) is 4.18. The third kappa shape index (κ3) is 6.77. The molecule has 40 heavy (non-hydrogen) atoms. The van der Waals surface area contributed by atoms with E-state index in [2.05, 4.69) is 5.32 Å². The maximum absolute atomic E-state index is 13.8. The van der Waals surface area contributed by atoms with Crippen LogP contribution in [0.1, 0.15) is 65.0 Å². The molecule has 1 aliphatic rings. The lowest BCUT2D eigenvalue weighted by atomic mass is 10.0. The van der Waals surface area contributed by atoms with Gasteiger partial charge in [-0.25, -0.2) is 0 Å². The molecule has 8 heteroatoms. The molecule has 2 atom stereocenters. The fraction of sp³-hybridized carbons (Fsp3) is 0.312. The van der Waals surface area contributed by atoms with Crippen LogP contribution in [0.4, 0.5) is 0 Å². The Labute approximate surface area is 240 Å². The molecule has 0 aromatic heterocycles. The number of nitrogens with one attached hydrogen (secondary N) is 1. The van der Waals surface area contributed by atoms with E-state index in [0.717, 1.165) is 17.5 Å². The molecule has 0 radical (unpaired) electrons. The smallest absolute Gasteiger partial charge is 0.261 e. The van der Waals surface area contributed by atoms with Gasteiger partial charge in [-0.3, -0.25) is 24.1 Å². The lowest BCUT2D eigenvalue weighted by Crippen LogP contribution is -2.52. The first-order chi connectivity index (χ1) is 19.3. The maximum Gasteiger partial charge on any atom is 0.261 e. The van der Waals surface area contributed by atoms with E-state index < -0.39 is 6.04 Å². The number of hydrogen-bond donors (Lipinski definition) is 1. The van der Waals surface area contributed by atoms with Crippen LogP contribution in [0.5, 0.6) is 0 Å². The largest absolute Gasteiger partial charge is 0.352 e. The molecule has 0 aliphatic carbocycles. The highest BCUT2D eigenvalue weighted by atomic mass is 35.5. The Morgan fingerprint density at radius 2 is 1.50 bits per heavy atom. The van der Waals surface area contributed by atoms with Crippen LogP contribution in [0, 0.1) is 0 Å². The van der Waals surface area contributed by atoms with Crippen molar-refractivity contribution in [1.29, 1.82) is 0 Å². The molecule has 0 bridgehead atoms. The number of benzene rings is 3. The Morgan fingerprint density at radius 3 is 2.12 bits per heavy atom. The van der Waals surface area contributed by atoms with Crippen LogP contribution in [-0.2, 0) is 22.6 Å². The molecule has 1 heterocycles. The third-order valence-electron chi connectivity index (χ3n) is 7.22. The molecular weight excluding hydrogens is 526 g/mol. The van der Waals surface area contributed by atoms with Crippen LogP contribution in [-0.4, -0.2) is 52.1 Å². The van der Waals surface area contributed by atoms with Gasteiger partial charge in [-0.2, -0.15) is 0 Å². The van der Waals surface area contributed by atoms with Gasteiger partial charge in [-0.15, -0.1) is 0 Å². The van der Waals surface area contributed by atoms with E-state index in [9.17, 15) is 19.2 Å². The van der Waals surface area contributed by atoms with Crippen molar-refractivity contribution in [3.8, 4) is 0 Å². The Morgan fingerprint density at radius 1 is 0.900 bits per heavy atom. The second kappa shape index (κ2) is 13.4. The molecule has 3 aromatic carbocycles. The zero-order valence-corrected chi connectivity index (χ0v) is 23.6. The van der Waals surface area contributed by atoms with E-state index in [1.165, 1.54) is 4.90 Å². The Kier molecular flexibility index (Phi) is 9.72. The molecule has 208 valence electrons. The Hall–Kier alpha value is -3.97. The maximum atomic E-state index is 13.8. The van der Waals surface area contributed by atoms with E-state index in [1.54, 1.807) is 35.2 Å².